The molecule has 0 saturated heterocycles. The quantitative estimate of drug-likeness (QED) is 0.0520. The first-order valence-electron chi connectivity index (χ1n) is 35.6. The van der Waals surface area contributed by atoms with E-state index in [-0.39, 0.29) is 209 Å². The Bertz CT molecular complexity index is 6960. The number of Topliss-reactive ketones (excluding diaryl/α,β-unsaturated/α-hetero) is 4. The van der Waals surface area contributed by atoms with Gasteiger partial charge < -0.3 is 105 Å². The highest BCUT2D eigenvalue weighted by molar-refractivity contribution is 6.12. The standard InChI is InChI=1S/C15H12O5.C14H10O5.C14H12O5.2C13H12O4.C12H10O3.C10H8O2/c1-7-3-10(16)14-12(20-7)5-8-4-9(19-2)6-11(17)13(8)15(14)18;1-6-2-9(16)13-11(19-6)4-7-3-8(15)5-10(17)12(7)14(13)18;1-6-3-8-4-9(14(18)19)5-10(16)12(8)13(17)11(6)7(2)15;1-6-3-8-4-9(15)5-10(16)12(8)13(17)11(6)7(2)14;1-7(15)11-9(6-14)5-8-3-2-4-10(16)12(8)13(11)17;1-7(13)9-6-5-8-3-2-4-10(14)11(8)12(9)15;11-8-5-1-3-7-4-2-6-9(12)10(7)8/h3-6,17-18H,1-2H3;2-5,16-18H,1H3;3-5,16-17H,1-2H3,(H,18,19);3-5,15-17H,1-2H3;2-5,14,16-17H,6H2,1H3;2-6,14-15H,1H3;1-6,11-12H. The molecule has 2 aromatic heterocycles. The van der Waals surface area contributed by atoms with Crippen molar-refractivity contribution >= 4 is 126 Å². The van der Waals surface area contributed by atoms with Gasteiger partial charge in [-0.25, -0.2) is 4.79 Å². The van der Waals surface area contributed by atoms with E-state index in [0.717, 1.165) is 23.6 Å². The normalized spacial score (nSPS) is 10.8. The predicted octanol–water partition coefficient (Wildman–Crippen LogP) is 16.6. The Labute approximate surface area is 672 Å². The highest BCUT2D eigenvalue weighted by Crippen LogP contribution is 2.46. The zero-order valence-corrected chi connectivity index (χ0v) is 64.6. The van der Waals surface area contributed by atoms with Gasteiger partial charge in [-0.15, -0.1) is 0 Å². The second kappa shape index (κ2) is 34.8. The Hall–Kier alpha value is -16.0. The first-order valence-corrected chi connectivity index (χ1v) is 35.6. The van der Waals surface area contributed by atoms with Crippen molar-refractivity contribution in [3.63, 3.8) is 0 Å². The van der Waals surface area contributed by atoms with Crippen molar-refractivity contribution in [2.45, 2.75) is 62.0 Å². The van der Waals surface area contributed by atoms with Crippen molar-refractivity contribution in [3.05, 3.63) is 252 Å². The minimum Gasteiger partial charge on any atom is -0.508 e. The van der Waals surface area contributed by atoms with E-state index in [9.17, 15) is 120 Å². The number of phenolic OH excluding ortho intramolecular Hbond substituents is 15. The van der Waals surface area contributed by atoms with Gasteiger partial charge in [0, 0.05) is 30.3 Å². The molecule has 0 saturated carbocycles. The molecule has 0 bridgehead atoms. The van der Waals surface area contributed by atoms with Crippen LogP contribution in [0.3, 0.4) is 0 Å². The number of ketones is 4. The van der Waals surface area contributed by atoms with Crippen molar-refractivity contribution in [1.29, 1.82) is 0 Å². The van der Waals surface area contributed by atoms with Gasteiger partial charge >= 0.3 is 5.97 Å². The lowest BCUT2D eigenvalue weighted by atomic mass is 9.96. The third kappa shape index (κ3) is 17.6. The number of methoxy groups -OCH3 is 1. The summed E-state index contributed by atoms with van der Waals surface area (Å²) in [5.74, 6) is -3.80. The van der Waals surface area contributed by atoms with E-state index < -0.39 is 5.97 Å². The molecule has 0 radical (unpaired) electrons. The van der Waals surface area contributed by atoms with E-state index in [1.807, 2.05) is 12.1 Å². The topological polar surface area (TPSA) is 519 Å². The lowest BCUT2D eigenvalue weighted by Crippen LogP contribution is -2.01. The van der Waals surface area contributed by atoms with Crippen LogP contribution >= 0.6 is 0 Å². The summed E-state index contributed by atoms with van der Waals surface area (Å²) in [4.78, 5) is 79.8. The molecule has 18 N–H and O–H groups in total. The van der Waals surface area contributed by atoms with Gasteiger partial charge in [0.2, 0.25) is 0 Å². The number of carbonyl (C=O) groups excluding carboxylic acids is 4. The summed E-state index contributed by atoms with van der Waals surface area (Å²) < 4.78 is 15.9. The summed E-state index contributed by atoms with van der Waals surface area (Å²) in [5, 5.41) is 181. The SMILES string of the molecule is CC(=O)c1c(C)cc2cc(C(=O)O)cc(O)c2c1O.CC(=O)c1c(C)cc2cc(O)cc(O)c2c1O.CC(=O)c1c(CO)cc2cccc(O)c2c1O.CC(=O)c1ccc2cccc(O)c2c1O.COc1cc(O)c2c(O)c3c(=O)cc(C)oc3cc2c1.Cc1cc(O)c2c(O)c3c(O)cc(=O)cc3cc2o1.Oc1cccc2cccc(O)c12. The Balaban J connectivity index is 0.000000147. The largest absolute Gasteiger partial charge is 0.508 e. The maximum atomic E-state index is 12.0. The lowest BCUT2D eigenvalue weighted by Gasteiger charge is -2.11. The van der Waals surface area contributed by atoms with Gasteiger partial charge in [0.25, 0.3) is 0 Å². The number of aromatic hydroxyl groups is 16. The Morgan fingerprint density at radius 2 is 0.739 bits per heavy atom. The van der Waals surface area contributed by atoms with Crippen LogP contribution in [0.2, 0.25) is 0 Å². The van der Waals surface area contributed by atoms with Crippen LogP contribution in [0.25, 0.3) is 97.3 Å². The van der Waals surface area contributed by atoms with E-state index in [1.54, 1.807) is 119 Å². The van der Waals surface area contributed by atoms with Crippen molar-refractivity contribution < 1.29 is 129 Å². The molecule has 119 heavy (non-hydrogen) atoms. The number of aliphatic hydroxyl groups excluding tert-OH is 1. The van der Waals surface area contributed by atoms with Crippen LogP contribution in [0, 0.1) is 27.7 Å². The lowest BCUT2D eigenvalue weighted by molar-refractivity contribution is 0.0695. The van der Waals surface area contributed by atoms with Gasteiger partial charge in [-0.3, -0.25) is 28.8 Å². The fourth-order valence-corrected chi connectivity index (χ4v) is 13.8. The van der Waals surface area contributed by atoms with Crippen LogP contribution in [0.5, 0.6) is 97.7 Å². The number of carbonyl (C=O) groups is 5. The second-order valence-electron chi connectivity index (χ2n) is 27.2. The maximum absolute atomic E-state index is 12.0. The predicted molar refractivity (Wildman–Crippen MR) is 445 cm³/mol. The number of hydrogen-bond acceptors (Lipinski definition) is 27. The minimum atomic E-state index is -1.18. The summed E-state index contributed by atoms with van der Waals surface area (Å²) in [6.45, 7) is 11.7. The summed E-state index contributed by atoms with van der Waals surface area (Å²) in [7, 11) is 1.48. The number of aromatic carboxylic acids is 1. The van der Waals surface area contributed by atoms with Crippen LogP contribution in [-0.4, -0.2) is 128 Å². The minimum absolute atomic E-state index is 0.0203. The average Bonchev–Trinajstić information content (AvgIpc) is 0.760. The molecule has 0 unspecified atom stereocenters. The van der Waals surface area contributed by atoms with Crippen molar-refractivity contribution in [2.75, 3.05) is 7.11 Å². The number of hydrogen-bond donors (Lipinski definition) is 18. The van der Waals surface area contributed by atoms with E-state index in [2.05, 4.69) is 0 Å². The molecular weight excluding hydrogens is 1540 g/mol. The molecular formula is C91H76O28. The zero-order valence-electron chi connectivity index (χ0n) is 64.6. The van der Waals surface area contributed by atoms with E-state index in [0.29, 0.717) is 77.1 Å². The number of carboxylic acid groups (broad SMARTS) is 1. The highest BCUT2D eigenvalue weighted by Gasteiger charge is 2.24. The number of aryl methyl sites for hydroxylation is 4. The van der Waals surface area contributed by atoms with Crippen LogP contribution in [-0.2, 0) is 6.61 Å². The van der Waals surface area contributed by atoms with Gasteiger partial charge in [-0.05, 0) is 189 Å². The first-order chi connectivity index (χ1) is 56.2. The fourth-order valence-electron chi connectivity index (χ4n) is 13.8. The number of rotatable bonds is 7. The van der Waals surface area contributed by atoms with Crippen molar-refractivity contribution in [3.8, 4) is 97.7 Å². The summed E-state index contributed by atoms with van der Waals surface area (Å²) in [6, 6.07) is 44.1. The van der Waals surface area contributed by atoms with E-state index in [1.165, 1.54) is 89.4 Å². The van der Waals surface area contributed by atoms with Crippen LogP contribution < -0.4 is 15.6 Å². The zero-order chi connectivity index (χ0) is 87.4. The monoisotopic (exact) mass is 1620 g/mol. The number of aliphatic hydroxyl groups is 1. The van der Waals surface area contributed by atoms with Gasteiger partial charge in [-0.2, -0.15) is 0 Å². The van der Waals surface area contributed by atoms with Crippen molar-refractivity contribution in [2.24, 2.45) is 0 Å². The molecule has 0 aliphatic rings. The van der Waals surface area contributed by atoms with Gasteiger partial charge in [-0.1, -0.05) is 66.7 Å². The maximum Gasteiger partial charge on any atom is 0.335 e. The van der Waals surface area contributed by atoms with Gasteiger partial charge in [0.1, 0.15) is 131 Å². The van der Waals surface area contributed by atoms with Crippen LogP contribution in [0.15, 0.2) is 194 Å². The Morgan fingerprint density at radius 1 is 0.336 bits per heavy atom. The smallest absolute Gasteiger partial charge is 0.335 e. The number of fused-ring (bicyclic) bond motifs is 9. The molecule has 28 nitrogen and oxygen atoms in total. The molecule has 28 heteroatoms. The molecule has 2 heterocycles. The van der Waals surface area contributed by atoms with E-state index in [4.69, 9.17) is 18.7 Å². The van der Waals surface area contributed by atoms with Gasteiger partial charge in [0.05, 0.1) is 79.2 Å². The van der Waals surface area contributed by atoms with Crippen molar-refractivity contribution in [1.82, 2.24) is 0 Å². The third-order valence-electron chi connectivity index (χ3n) is 18.9. The number of phenols is 15. The molecule has 0 atom stereocenters. The number of benzene rings is 14. The Morgan fingerprint density at radius 3 is 1.24 bits per heavy atom. The second-order valence-corrected chi connectivity index (χ2v) is 27.2. The van der Waals surface area contributed by atoms with Crippen LogP contribution in [0.1, 0.15) is 108 Å². The highest BCUT2D eigenvalue weighted by atomic mass is 16.5. The number of carboxylic acids is 1. The molecule has 0 aliphatic heterocycles. The summed E-state index contributed by atoms with van der Waals surface area (Å²) in [6.07, 6.45) is 0. The molecule has 0 fully saturated rings. The third-order valence-corrected chi connectivity index (χ3v) is 18.9. The fraction of sp³-hybridized carbons (Fsp3) is 0.110. The molecule has 0 spiro atoms. The first kappa shape index (κ1) is 85.5. The van der Waals surface area contributed by atoms with E-state index >= 15 is 0 Å². The number of ether oxygens (including phenoxy) is 1. The molecule has 16 aromatic rings. The molecule has 608 valence electrons. The average molecular weight is 1620 g/mol. The molecule has 0 aliphatic carbocycles. The molecule has 14 aromatic carbocycles. The molecule has 16 rings (SSSR count). The molecule has 0 amide bonds. The van der Waals surface area contributed by atoms with Gasteiger partial charge in [0.15, 0.2) is 34.0 Å². The Kier molecular flexibility index (Phi) is 25.0. The summed E-state index contributed by atoms with van der Waals surface area (Å²) in [5.41, 5.74) is 1.80. The summed E-state index contributed by atoms with van der Waals surface area (Å²) >= 11 is 0. The van der Waals surface area contributed by atoms with Crippen LogP contribution in [0.4, 0.5) is 0 Å².